The zero-order chi connectivity index (χ0) is 12.2. The van der Waals surface area contributed by atoms with Gasteiger partial charge in [0.05, 0.1) is 12.3 Å². The molecule has 1 saturated carbocycles. The molecule has 0 aromatic carbocycles. The average molecular weight is 249 g/mol. The fourth-order valence-corrected chi connectivity index (χ4v) is 1.81. The van der Waals surface area contributed by atoms with Gasteiger partial charge in [0, 0.05) is 26.7 Å². The van der Waals surface area contributed by atoms with Gasteiger partial charge in [-0.1, -0.05) is 0 Å². The third-order valence-electron chi connectivity index (χ3n) is 2.37. The summed E-state index contributed by atoms with van der Waals surface area (Å²) in [6.45, 7) is 0.429. The van der Waals surface area contributed by atoms with Gasteiger partial charge in [-0.25, -0.2) is 12.7 Å². The Morgan fingerprint density at radius 3 is 2.50 bits per heavy atom. The van der Waals surface area contributed by atoms with E-state index in [2.05, 4.69) is 10.6 Å². The third kappa shape index (κ3) is 4.91. The molecule has 0 unspecified atom stereocenters. The van der Waals surface area contributed by atoms with Crippen LogP contribution in [-0.2, 0) is 14.8 Å². The van der Waals surface area contributed by atoms with Crippen molar-refractivity contribution in [2.24, 2.45) is 0 Å². The molecule has 1 aliphatic rings. The van der Waals surface area contributed by atoms with Gasteiger partial charge in [0.1, 0.15) is 0 Å². The summed E-state index contributed by atoms with van der Waals surface area (Å²) in [4.78, 5) is 11.2. The van der Waals surface area contributed by atoms with Crippen LogP contribution < -0.4 is 10.6 Å². The highest BCUT2D eigenvalue weighted by Crippen LogP contribution is 2.17. The fraction of sp³-hybridized carbons (Fsp3) is 0.889. The first-order valence-corrected chi connectivity index (χ1v) is 6.93. The maximum atomic E-state index is 11.3. The minimum absolute atomic E-state index is 0.0603. The molecule has 0 aliphatic heterocycles. The summed E-state index contributed by atoms with van der Waals surface area (Å²) in [6, 6.07) is 0.483. The van der Waals surface area contributed by atoms with Crippen LogP contribution in [0.5, 0.6) is 0 Å². The molecule has 0 aromatic heterocycles. The van der Waals surface area contributed by atoms with Crippen molar-refractivity contribution in [3.63, 3.8) is 0 Å². The van der Waals surface area contributed by atoms with Gasteiger partial charge in [-0.2, -0.15) is 0 Å². The minimum Gasteiger partial charge on any atom is -0.354 e. The molecule has 1 rings (SSSR count). The predicted molar refractivity (Wildman–Crippen MR) is 61.5 cm³/mol. The van der Waals surface area contributed by atoms with Gasteiger partial charge in [0.2, 0.25) is 15.9 Å². The lowest BCUT2D eigenvalue weighted by Crippen LogP contribution is -2.38. The largest absolute Gasteiger partial charge is 0.354 e. The number of carbonyl (C=O) groups excluding carboxylic acids is 1. The standard InChI is InChI=1S/C9H19N3O3S/c1-12(2)16(14,15)6-5-10-9(13)7-11-8-3-4-8/h8,11H,3-7H2,1-2H3,(H,10,13). The van der Waals surface area contributed by atoms with E-state index in [0.29, 0.717) is 6.04 Å². The summed E-state index contributed by atoms with van der Waals surface area (Å²) in [7, 11) is -0.259. The minimum atomic E-state index is -3.21. The molecule has 16 heavy (non-hydrogen) atoms. The number of hydrogen-bond acceptors (Lipinski definition) is 4. The van der Waals surface area contributed by atoms with Crippen molar-refractivity contribution in [3.05, 3.63) is 0 Å². The third-order valence-corrected chi connectivity index (χ3v) is 4.20. The van der Waals surface area contributed by atoms with Crippen LogP contribution in [-0.4, -0.2) is 57.6 Å². The highest BCUT2D eigenvalue weighted by atomic mass is 32.2. The van der Waals surface area contributed by atoms with Crippen molar-refractivity contribution in [2.75, 3.05) is 32.9 Å². The van der Waals surface area contributed by atoms with E-state index in [0.717, 1.165) is 17.1 Å². The number of carbonyl (C=O) groups is 1. The van der Waals surface area contributed by atoms with Crippen molar-refractivity contribution >= 4 is 15.9 Å². The van der Waals surface area contributed by atoms with Crippen LogP contribution in [0.25, 0.3) is 0 Å². The highest BCUT2D eigenvalue weighted by Gasteiger charge is 2.21. The molecule has 0 saturated heterocycles. The molecule has 94 valence electrons. The lowest BCUT2D eigenvalue weighted by Gasteiger charge is -2.11. The van der Waals surface area contributed by atoms with Gasteiger partial charge < -0.3 is 10.6 Å². The second-order valence-corrected chi connectivity index (χ2v) is 6.41. The summed E-state index contributed by atoms with van der Waals surface area (Å²) in [5, 5.41) is 5.62. The zero-order valence-electron chi connectivity index (χ0n) is 9.69. The summed E-state index contributed by atoms with van der Waals surface area (Å²) in [6.07, 6.45) is 2.25. The first-order valence-electron chi connectivity index (χ1n) is 5.32. The lowest BCUT2D eigenvalue weighted by molar-refractivity contribution is -0.120. The highest BCUT2D eigenvalue weighted by molar-refractivity contribution is 7.89. The Morgan fingerprint density at radius 1 is 1.38 bits per heavy atom. The summed E-state index contributed by atoms with van der Waals surface area (Å²) in [5.74, 6) is -0.212. The van der Waals surface area contributed by atoms with Crippen molar-refractivity contribution in [1.82, 2.24) is 14.9 Å². The van der Waals surface area contributed by atoms with E-state index in [1.165, 1.54) is 14.1 Å². The van der Waals surface area contributed by atoms with E-state index >= 15 is 0 Å². The van der Waals surface area contributed by atoms with Gasteiger partial charge in [-0.15, -0.1) is 0 Å². The molecule has 0 atom stereocenters. The Bertz CT molecular complexity index is 336. The van der Waals surface area contributed by atoms with Gasteiger partial charge in [0.15, 0.2) is 0 Å². The van der Waals surface area contributed by atoms with Gasteiger partial charge in [-0.05, 0) is 12.8 Å². The van der Waals surface area contributed by atoms with E-state index in [9.17, 15) is 13.2 Å². The predicted octanol–water partition coefficient (Wildman–Crippen LogP) is -1.25. The van der Waals surface area contributed by atoms with Crippen molar-refractivity contribution < 1.29 is 13.2 Å². The Hall–Kier alpha value is -0.660. The molecule has 2 N–H and O–H groups in total. The molecule has 0 aromatic rings. The summed E-state index contributed by atoms with van der Waals surface area (Å²) < 4.78 is 23.8. The molecule has 1 amide bonds. The SMILES string of the molecule is CN(C)S(=O)(=O)CCNC(=O)CNC1CC1. The normalized spacial score (nSPS) is 16.4. The summed E-state index contributed by atoms with van der Waals surface area (Å²) >= 11 is 0. The van der Waals surface area contributed by atoms with Gasteiger partial charge >= 0.3 is 0 Å². The average Bonchev–Trinajstić information content (AvgIpc) is 2.97. The quantitative estimate of drug-likeness (QED) is 0.591. The second kappa shape index (κ2) is 5.60. The Morgan fingerprint density at radius 2 is 2.00 bits per heavy atom. The molecule has 0 spiro atoms. The van der Waals surface area contributed by atoms with Gasteiger partial charge in [0.25, 0.3) is 0 Å². The molecule has 7 heteroatoms. The Kier molecular flexibility index (Phi) is 4.69. The van der Waals surface area contributed by atoms with Crippen LogP contribution in [0.3, 0.4) is 0 Å². The van der Waals surface area contributed by atoms with Gasteiger partial charge in [-0.3, -0.25) is 4.79 Å². The van der Waals surface area contributed by atoms with Crippen molar-refractivity contribution in [2.45, 2.75) is 18.9 Å². The number of amides is 1. The second-order valence-electron chi connectivity index (χ2n) is 4.10. The van der Waals surface area contributed by atoms with Crippen molar-refractivity contribution in [3.8, 4) is 0 Å². The molecule has 1 fully saturated rings. The topological polar surface area (TPSA) is 78.5 Å². The van der Waals surface area contributed by atoms with Crippen LogP contribution >= 0.6 is 0 Å². The Labute approximate surface area is 96.4 Å². The molecule has 0 radical (unpaired) electrons. The van der Waals surface area contributed by atoms with Crippen molar-refractivity contribution in [1.29, 1.82) is 0 Å². The summed E-state index contributed by atoms with van der Waals surface area (Å²) in [5.41, 5.74) is 0. The number of nitrogens with zero attached hydrogens (tertiary/aromatic N) is 1. The molecule has 1 aliphatic carbocycles. The van der Waals surface area contributed by atoms with E-state index in [1.54, 1.807) is 0 Å². The number of sulfonamides is 1. The molecular weight excluding hydrogens is 230 g/mol. The van der Waals surface area contributed by atoms with E-state index in [-0.39, 0.29) is 24.7 Å². The maximum Gasteiger partial charge on any atom is 0.233 e. The monoisotopic (exact) mass is 249 g/mol. The first-order chi connectivity index (χ1) is 7.42. The zero-order valence-corrected chi connectivity index (χ0v) is 10.5. The first kappa shape index (κ1) is 13.4. The number of hydrogen-bond donors (Lipinski definition) is 2. The fourth-order valence-electron chi connectivity index (χ4n) is 1.09. The van der Waals surface area contributed by atoms with Crippen LogP contribution in [0, 0.1) is 0 Å². The lowest BCUT2D eigenvalue weighted by atomic mass is 10.5. The Balaban J connectivity index is 2.11. The van der Waals surface area contributed by atoms with E-state index in [4.69, 9.17) is 0 Å². The van der Waals surface area contributed by atoms with Crippen LogP contribution in [0.15, 0.2) is 0 Å². The molecular formula is C9H19N3O3S. The molecule has 0 bridgehead atoms. The molecule has 0 heterocycles. The van der Waals surface area contributed by atoms with Crippen LogP contribution in [0.4, 0.5) is 0 Å². The maximum absolute atomic E-state index is 11.3. The van der Waals surface area contributed by atoms with Crippen LogP contribution in [0.1, 0.15) is 12.8 Å². The number of nitrogens with one attached hydrogen (secondary N) is 2. The number of rotatable bonds is 7. The van der Waals surface area contributed by atoms with E-state index < -0.39 is 10.0 Å². The molecule has 6 nitrogen and oxygen atoms in total. The smallest absolute Gasteiger partial charge is 0.233 e. The van der Waals surface area contributed by atoms with E-state index in [1.807, 2.05) is 0 Å². The van der Waals surface area contributed by atoms with Crippen LogP contribution in [0.2, 0.25) is 0 Å².